The minimum absolute atomic E-state index is 0.109. The lowest BCUT2D eigenvalue weighted by Gasteiger charge is -2.05. The zero-order chi connectivity index (χ0) is 13.1. The van der Waals surface area contributed by atoms with Crippen LogP contribution in [-0.2, 0) is 14.8 Å². The highest BCUT2D eigenvalue weighted by atomic mass is 32.2. The van der Waals surface area contributed by atoms with Gasteiger partial charge in [0.25, 0.3) is 10.0 Å². The van der Waals surface area contributed by atoms with Gasteiger partial charge in [-0.3, -0.25) is 4.79 Å². The molecule has 96 valence electrons. The summed E-state index contributed by atoms with van der Waals surface area (Å²) in [7, 11) is -3.71. The van der Waals surface area contributed by atoms with Crippen LogP contribution in [-0.4, -0.2) is 37.1 Å². The van der Waals surface area contributed by atoms with E-state index in [1.165, 1.54) is 6.92 Å². The van der Waals surface area contributed by atoms with Gasteiger partial charge in [-0.05, 0) is 6.92 Å². The van der Waals surface area contributed by atoms with E-state index < -0.39 is 10.0 Å². The van der Waals surface area contributed by atoms with E-state index in [2.05, 4.69) is 20.2 Å². The maximum absolute atomic E-state index is 11.7. The third-order valence-corrected chi connectivity index (χ3v) is 4.14. The Bertz CT molecular complexity index is 495. The Balaban J connectivity index is 2.78. The molecule has 1 amide bonds. The van der Waals surface area contributed by atoms with Crippen molar-refractivity contribution in [3.05, 3.63) is 0 Å². The van der Waals surface area contributed by atoms with Crippen molar-refractivity contribution in [2.45, 2.75) is 24.2 Å². The standard InChI is InChI=1S/C7H13N5O3S2/c1-4(8)3-9-17(14,15)7-12-11-6(16-7)10-5(2)13/h4,9H,3,8H2,1-2H3,(H,10,11,13). The van der Waals surface area contributed by atoms with E-state index in [9.17, 15) is 13.2 Å². The van der Waals surface area contributed by atoms with Crippen LogP contribution >= 0.6 is 11.3 Å². The van der Waals surface area contributed by atoms with Gasteiger partial charge in [0.1, 0.15) is 0 Å². The van der Waals surface area contributed by atoms with E-state index in [0.717, 1.165) is 11.3 Å². The number of hydrogen-bond acceptors (Lipinski definition) is 7. The molecule has 0 saturated carbocycles. The second-order valence-electron chi connectivity index (χ2n) is 3.38. The fraction of sp³-hybridized carbons (Fsp3) is 0.571. The lowest BCUT2D eigenvalue weighted by atomic mass is 10.4. The number of sulfonamides is 1. The van der Waals surface area contributed by atoms with Gasteiger partial charge in [0, 0.05) is 19.5 Å². The molecule has 1 atom stereocenters. The molecule has 0 aliphatic rings. The predicted molar refractivity (Wildman–Crippen MR) is 63.1 cm³/mol. The first-order chi connectivity index (χ1) is 7.81. The van der Waals surface area contributed by atoms with Gasteiger partial charge in [0.05, 0.1) is 0 Å². The van der Waals surface area contributed by atoms with Crippen molar-refractivity contribution in [1.29, 1.82) is 0 Å². The number of nitrogens with zero attached hydrogens (tertiary/aromatic N) is 2. The van der Waals surface area contributed by atoms with E-state index in [1.54, 1.807) is 6.92 Å². The Morgan fingerprint density at radius 3 is 2.71 bits per heavy atom. The first-order valence-corrected chi connectivity index (χ1v) is 6.97. The van der Waals surface area contributed by atoms with Gasteiger partial charge >= 0.3 is 0 Å². The number of anilines is 1. The molecule has 10 heteroatoms. The van der Waals surface area contributed by atoms with Gasteiger partial charge < -0.3 is 11.1 Å². The Morgan fingerprint density at radius 2 is 2.18 bits per heavy atom. The summed E-state index contributed by atoms with van der Waals surface area (Å²) in [6.45, 7) is 3.08. The Morgan fingerprint density at radius 1 is 1.53 bits per heavy atom. The highest BCUT2D eigenvalue weighted by Crippen LogP contribution is 2.19. The molecule has 1 aromatic rings. The zero-order valence-corrected chi connectivity index (χ0v) is 10.9. The molecular formula is C7H13N5O3S2. The fourth-order valence-corrected chi connectivity index (χ4v) is 2.95. The molecule has 0 spiro atoms. The summed E-state index contributed by atoms with van der Waals surface area (Å²) in [5.41, 5.74) is 5.43. The van der Waals surface area contributed by atoms with Gasteiger partial charge in [-0.1, -0.05) is 11.3 Å². The number of nitrogens with two attached hydrogens (primary N) is 1. The third kappa shape index (κ3) is 4.34. The summed E-state index contributed by atoms with van der Waals surface area (Å²) in [5, 5.41) is 9.51. The van der Waals surface area contributed by atoms with Crippen LogP contribution in [0.4, 0.5) is 5.13 Å². The van der Waals surface area contributed by atoms with Crippen LogP contribution in [0.2, 0.25) is 0 Å². The summed E-state index contributed by atoms with van der Waals surface area (Å²) in [5.74, 6) is -0.339. The maximum Gasteiger partial charge on any atom is 0.269 e. The first kappa shape index (κ1) is 14.0. The molecule has 1 rings (SSSR count). The molecule has 0 aliphatic carbocycles. The summed E-state index contributed by atoms with van der Waals surface area (Å²) in [6.07, 6.45) is 0. The lowest BCUT2D eigenvalue weighted by molar-refractivity contribution is -0.114. The third-order valence-electron chi connectivity index (χ3n) is 1.51. The molecule has 0 saturated heterocycles. The SMILES string of the molecule is CC(=O)Nc1nnc(S(=O)(=O)NCC(C)N)s1. The number of carbonyl (C=O) groups is 1. The van der Waals surface area contributed by atoms with E-state index in [-0.39, 0.29) is 28.0 Å². The van der Waals surface area contributed by atoms with Gasteiger partial charge in [0.15, 0.2) is 0 Å². The van der Waals surface area contributed by atoms with Crippen LogP contribution in [0.25, 0.3) is 0 Å². The Kier molecular flexibility index (Phi) is 4.51. The van der Waals surface area contributed by atoms with Crippen LogP contribution < -0.4 is 15.8 Å². The van der Waals surface area contributed by atoms with Crippen molar-refractivity contribution >= 4 is 32.4 Å². The topological polar surface area (TPSA) is 127 Å². The fourth-order valence-electron chi connectivity index (χ4n) is 0.822. The van der Waals surface area contributed by atoms with Crippen molar-refractivity contribution in [2.75, 3.05) is 11.9 Å². The van der Waals surface area contributed by atoms with Gasteiger partial charge in [0.2, 0.25) is 15.4 Å². The molecular weight excluding hydrogens is 266 g/mol. The minimum Gasteiger partial charge on any atom is -0.327 e. The smallest absolute Gasteiger partial charge is 0.269 e. The molecule has 0 aromatic carbocycles. The Labute approximate surface area is 103 Å². The van der Waals surface area contributed by atoms with Crippen LogP contribution in [0.5, 0.6) is 0 Å². The summed E-state index contributed by atoms with van der Waals surface area (Å²) in [4.78, 5) is 10.7. The average Bonchev–Trinajstić information content (AvgIpc) is 2.63. The number of carbonyl (C=O) groups excluding carboxylic acids is 1. The van der Waals surface area contributed by atoms with Gasteiger partial charge in [-0.15, -0.1) is 10.2 Å². The van der Waals surface area contributed by atoms with E-state index in [4.69, 9.17) is 5.73 Å². The van der Waals surface area contributed by atoms with Crippen molar-refractivity contribution < 1.29 is 13.2 Å². The lowest BCUT2D eigenvalue weighted by Crippen LogP contribution is -2.35. The molecule has 1 unspecified atom stereocenters. The van der Waals surface area contributed by atoms with E-state index in [1.807, 2.05) is 0 Å². The first-order valence-electron chi connectivity index (χ1n) is 4.67. The van der Waals surface area contributed by atoms with E-state index in [0.29, 0.717) is 0 Å². The van der Waals surface area contributed by atoms with Crippen LogP contribution in [0.1, 0.15) is 13.8 Å². The number of hydrogen-bond donors (Lipinski definition) is 3. The van der Waals surface area contributed by atoms with Gasteiger partial charge in [-0.2, -0.15) is 0 Å². The molecule has 4 N–H and O–H groups in total. The molecule has 1 heterocycles. The average molecular weight is 279 g/mol. The zero-order valence-electron chi connectivity index (χ0n) is 9.30. The van der Waals surface area contributed by atoms with Crippen molar-refractivity contribution in [1.82, 2.24) is 14.9 Å². The largest absolute Gasteiger partial charge is 0.327 e. The number of nitrogens with one attached hydrogen (secondary N) is 2. The normalized spacial score (nSPS) is 13.4. The van der Waals surface area contributed by atoms with Crippen LogP contribution in [0.3, 0.4) is 0 Å². The van der Waals surface area contributed by atoms with Gasteiger partial charge in [-0.25, -0.2) is 13.1 Å². The molecule has 0 bridgehead atoms. The predicted octanol–water partition coefficient (Wildman–Crippen LogP) is -0.878. The summed E-state index contributed by atoms with van der Waals surface area (Å²) >= 11 is 0.774. The molecule has 17 heavy (non-hydrogen) atoms. The van der Waals surface area contributed by atoms with E-state index >= 15 is 0 Å². The maximum atomic E-state index is 11.7. The molecule has 0 aliphatic heterocycles. The van der Waals surface area contributed by atoms with Crippen molar-refractivity contribution in [3.63, 3.8) is 0 Å². The van der Waals surface area contributed by atoms with Crippen LogP contribution in [0, 0.1) is 0 Å². The molecule has 0 radical (unpaired) electrons. The van der Waals surface area contributed by atoms with Crippen LogP contribution in [0.15, 0.2) is 4.34 Å². The molecule has 0 fully saturated rings. The highest BCUT2D eigenvalue weighted by molar-refractivity contribution is 7.91. The van der Waals surface area contributed by atoms with Crippen molar-refractivity contribution in [2.24, 2.45) is 5.73 Å². The highest BCUT2D eigenvalue weighted by Gasteiger charge is 2.20. The molecule has 8 nitrogen and oxygen atoms in total. The Hall–Kier alpha value is -1.10. The summed E-state index contributed by atoms with van der Waals surface area (Å²) in [6, 6.07) is -0.299. The quantitative estimate of drug-likeness (QED) is 0.601. The number of aromatic nitrogens is 2. The number of amides is 1. The monoisotopic (exact) mass is 279 g/mol. The summed E-state index contributed by atoms with van der Waals surface area (Å²) < 4.78 is 25.4. The number of rotatable bonds is 5. The second kappa shape index (κ2) is 5.49. The van der Waals surface area contributed by atoms with Crippen molar-refractivity contribution in [3.8, 4) is 0 Å². The second-order valence-corrected chi connectivity index (χ2v) is 6.30. The molecule has 1 aromatic heterocycles. The minimum atomic E-state index is -3.71.